The molecule has 0 bridgehead atoms. The number of rotatable bonds is 1. The minimum absolute atomic E-state index is 0.727. The van der Waals surface area contributed by atoms with Crippen LogP contribution in [-0.4, -0.2) is 15.0 Å². The number of aromatic amines is 1. The van der Waals surface area contributed by atoms with Crippen LogP contribution in [0.5, 0.6) is 0 Å². The Morgan fingerprint density at radius 3 is 2.94 bits per heavy atom. The van der Waals surface area contributed by atoms with Crippen LogP contribution in [0.15, 0.2) is 36.5 Å². The molecular weight excluding hydrogens is 212 g/mol. The Morgan fingerprint density at radius 2 is 2.12 bits per heavy atom. The second-order valence-electron chi connectivity index (χ2n) is 4.03. The molecule has 2 heterocycles. The van der Waals surface area contributed by atoms with Crippen molar-refractivity contribution in [2.24, 2.45) is 0 Å². The van der Waals surface area contributed by atoms with E-state index < -0.39 is 0 Å². The maximum absolute atomic E-state index is 5.74. The van der Waals surface area contributed by atoms with Gasteiger partial charge in [-0.15, -0.1) is 0 Å². The summed E-state index contributed by atoms with van der Waals surface area (Å²) in [7, 11) is 0. The second-order valence-corrected chi connectivity index (χ2v) is 4.03. The number of nitrogens with two attached hydrogens (primary N) is 1. The van der Waals surface area contributed by atoms with Crippen LogP contribution < -0.4 is 5.73 Å². The fourth-order valence-electron chi connectivity index (χ4n) is 1.87. The number of aryl methyl sites for hydroxylation is 1. The third kappa shape index (κ3) is 1.63. The molecule has 0 fully saturated rings. The Balaban J connectivity index is 2.22. The van der Waals surface area contributed by atoms with Gasteiger partial charge in [0.1, 0.15) is 5.69 Å². The van der Waals surface area contributed by atoms with E-state index >= 15 is 0 Å². The highest BCUT2D eigenvalue weighted by atomic mass is 14.9. The normalized spacial score (nSPS) is 10.9. The fraction of sp³-hybridized carbons (Fsp3) is 0.0769. The number of hydrogen-bond acceptors (Lipinski definition) is 3. The molecule has 0 spiro atoms. The zero-order valence-corrected chi connectivity index (χ0v) is 9.44. The molecule has 0 saturated heterocycles. The molecule has 0 amide bonds. The van der Waals surface area contributed by atoms with Crippen molar-refractivity contribution < 1.29 is 0 Å². The number of fused-ring (bicyclic) bond motifs is 1. The summed E-state index contributed by atoms with van der Waals surface area (Å²) in [5, 5.41) is 0. The van der Waals surface area contributed by atoms with E-state index in [9.17, 15) is 0 Å². The van der Waals surface area contributed by atoms with E-state index in [1.165, 1.54) is 0 Å². The van der Waals surface area contributed by atoms with Crippen LogP contribution in [0.25, 0.3) is 22.6 Å². The Hall–Kier alpha value is -2.36. The van der Waals surface area contributed by atoms with E-state index in [-0.39, 0.29) is 0 Å². The summed E-state index contributed by atoms with van der Waals surface area (Å²) in [6, 6.07) is 9.56. The molecule has 0 atom stereocenters. The summed E-state index contributed by atoms with van der Waals surface area (Å²) >= 11 is 0. The van der Waals surface area contributed by atoms with E-state index in [2.05, 4.69) is 15.0 Å². The summed E-state index contributed by atoms with van der Waals surface area (Å²) in [6.45, 7) is 2.02. The van der Waals surface area contributed by atoms with Gasteiger partial charge in [0.05, 0.1) is 11.0 Å². The lowest BCUT2D eigenvalue weighted by molar-refractivity contribution is 1.20. The summed E-state index contributed by atoms with van der Waals surface area (Å²) < 4.78 is 0. The van der Waals surface area contributed by atoms with E-state index in [1.54, 1.807) is 6.20 Å². The first kappa shape index (κ1) is 9.84. The van der Waals surface area contributed by atoms with E-state index in [4.69, 9.17) is 5.73 Å². The van der Waals surface area contributed by atoms with Gasteiger partial charge in [-0.25, -0.2) is 4.98 Å². The lowest BCUT2D eigenvalue weighted by Gasteiger charge is -1.98. The van der Waals surface area contributed by atoms with Crippen molar-refractivity contribution in [2.75, 3.05) is 5.73 Å². The van der Waals surface area contributed by atoms with Crippen molar-refractivity contribution in [1.29, 1.82) is 0 Å². The molecule has 0 saturated carbocycles. The first-order valence-corrected chi connectivity index (χ1v) is 5.41. The first-order chi connectivity index (χ1) is 8.24. The number of hydrogen-bond donors (Lipinski definition) is 2. The highest BCUT2D eigenvalue weighted by Gasteiger charge is 2.08. The van der Waals surface area contributed by atoms with Gasteiger partial charge in [-0.1, -0.05) is 6.07 Å². The first-order valence-electron chi connectivity index (χ1n) is 5.41. The van der Waals surface area contributed by atoms with Gasteiger partial charge >= 0.3 is 0 Å². The number of pyridine rings is 1. The van der Waals surface area contributed by atoms with Gasteiger partial charge in [0.2, 0.25) is 0 Å². The predicted octanol–water partition coefficient (Wildman–Crippen LogP) is 2.52. The molecular formula is C13H12N4. The number of imidazole rings is 1. The van der Waals surface area contributed by atoms with Crippen LogP contribution in [0.4, 0.5) is 5.69 Å². The largest absolute Gasteiger partial charge is 0.399 e. The summed E-state index contributed by atoms with van der Waals surface area (Å²) in [5.41, 5.74) is 10.3. The summed E-state index contributed by atoms with van der Waals surface area (Å²) in [5.74, 6) is 0.781. The maximum atomic E-state index is 5.74. The van der Waals surface area contributed by atoms with E-state index in [0.29, 0.717) is 0 Å². The van der Waals surface area contributed by atoms with Gasteiger partial charge in [-0.3, -0.25) is 4.98 Å². The number of benzene rings is 1. The average Bonchev–Trinajstić information content (AvgIpc) is 2.72. The van der Waals surface area contributed by atoms with Gasteiger partial charge in [0.25, 0.3) is 0 Å². The van der Waals surface area contributed by atoms with Crippen molar-refractivity contribution in [2.45, 2.75) is 6.92 Å². The van der Waals surface area contributed by atoms with E-state index in [1.807, 2.05) is 37.3 Å². The number of nitrogen functional groups attached to an aromatic ring is 1. The van der Waals surface area contributed by atoms with Crippen LogP contribution in [-0.2, 0) is 0 Å². The molecule has 3 aromatic rings. The van der Waals surface area contributed by atoms with Crippen LogP contribution in [0.2, 0.25) is 0 Å². The molecule has 4 heteroatoms. The SMILES string of the molecule is Cc1cccnc1-c1nc2ccc(N)cc2[nH]1. The number of H-pyrrole nitrogens is 1. The summed E-state index contributed by atoms with van der Waals surface area (Å²) in [6.07, 6.45) is 1.77. The Bertz CT molecular complexity index is 685. The lowest BCUT2D eigenvalue weighted by Crippen LogP contribution is -1.88. The predicted molar refractivity (Wildman–Crippen MR) is 68.5 cm³/mol. The van der Waals surface area contributed by atoms with Crippen molar-refractivity contribution in [3.63, 3.8) is 0 Å². The molecule has 3 rings (SSSR count). The van der Waals surface area contributed by atoms with Gasteiger partial charge < -0.3 is 10.7 Å². The highest BCUT2D eigenvalue weighted by molar-refractivity contribution is 5.82. The molecule has 0 aliphatic rings. The van der Waals surface area contributed by atoms with Crippen molar-refractivity contribution in [1.82, 2.24) is 15.0 Å². The Morgan fingerprint density at radius 1 is 1.24 bits per heavy atom. The molecule has 2 aromatic heterocycles. The second kappa shape index (κ2) is 3.59. The Kier molecular flexibility index (Phi) is 2.08. The van der Waals surface area contributed by atoms with E-state index in [0.717, 1.165) is 33.8 Å². The third-order valence-electron chi connectivity index (χ3n) is 2.74. The number of anilines is 1. The van der Waals surface area contributed by atoms with Gasteiger partial charge in [-0.05, 0) is 36.8 Å². The molecule has 84 valence electrons. The summed E-state index contributed by atoms with van der Waals surface area (Å²) in [4.78, 5) is 12.1. The van der Waals surface area contributed by atoms with Crippen molar-refractivity contribution in [3.8, 4) is 11.5 Å². The number of nitrogens with zero attached hydrogens (tertiary/aromatic N) is 2. The molecule has 0 radical (unpaired) electrons. The van der Waals surface area contributed by atoms with Gasteiger partial charge in [0, 0.05) is 11.9 Å². The monoisotopic (exact) mass is 224 g/mol. The van der Waals surface area contributed by atoms with Crippen LogP contribution >= 0.6 is 0 Å². The maximum Gasteiger partial charge on any atom is 0.157 e. The zero-order chi connectivity index (χ0) is 11.8. The zero-order valence-electron chi connectivity index (χ0n) is 9.44. The Labute approximate surface area is 98.5 Å². The lowest BCUT2D eigenvalue weighted by atomic mass is 10.2. The molecule has 0 aliphatic carbocycles. The molecule has 17 heavy (non-hydrogen) atoms. The van der Waals surface area contributed by atoms with Crippen LogP contribution in [0.1, 0.15) is 5.56 Å². The molecule has 4 nitrogen and oxygen atoms in total. The van der Waals surface area contributed by atoms with Crippen molar-refractivity contribution >= 4 is 16.7 Å². The van der Waals surface area contributed by atoms with Gasteiger partial charge in [0.15, 0.2) is 5.82 Å². The van der Waals surface area contributed by atoms with Crippen LogP contribution in [0.3, 0.4) is 0 Å². The topological polar surface area (TPSA) is 67.6 Å². The smallest absolute Gasteiger partial charge is 0.157 e. The van der Waals surface area contributed by atoms with Crippen LogP contribution in [0, 0.1) is 6.92 Å². The minimum Gasteiger partial charge on any atom is -0.399 e. The van der Waals surface area contributed by atoms with Crippen molar-refractivity contribution in [3.05, 3.63) is 42.1 Å². The number of aromatic nitrogens is 3. The highest BCUT2D eigenvalue weighted by Crippen LogP contribution is 2.22. The number of nitrogens with one attached hydrogen (secondary N) is 1. The standard InChI is InChI=1S/C13H12N4/c1-8-3-2-6-15-12(8)13-16-10-5-4-9(14)7-11(10)17-13/h2-7H,14H2,1H3,(H,16,17). The quantitative estimate of drug-likeness (QED) is 0.624. The minimum atomic E-state index is 0.727. The fourth-order valence-corrected chi connectivity index (χ4v) is 1.87. The molecule has 0 aliphatic heterocycles. The molecule has 1 aromatic carbocycles. The molecule has 0 unspecified atom stereocenters. The van der Waals surface area contributed by atoms with Gasteiger partial charge in [-0.2, -0.15) is 0 Å². The third-order valence-corrected chi connectivity index (χ3v) is 2.74. The average molecular weight is 224 g/mol. The molecule has 3 N–H and O–H groups in total.